The summed E-state index contributed by atoms with van der Waals surface area (Å²) in [7, 11) is 1.86. The van der Waals surface area contributed by atoms with Crippen LogP contribution in [0.15, 0.2) is 54.2 Å². The van der Waals surface area contributed by atoms with E-state index in [2.05, 4.69) is 26.9 Å². The number of hydrogen-bond donors (Lipinski definition) is 2. The number of para-hydroxylation sites is 1. The lowest BCUT2D eigenvalue weighted by molar-refractivity contribution is -0.258. The molecular weight excluding hydrogens is 661 g/mol. The predicted octanol–water partition coefficient (Wildman–Crippen LogP) is 5.83. The van der Waals surface area contributed by atoms with Gasteiger partial charge in [-0.15, -0.1) is 0 Å². The van der Waals surface area contributed by atoms with Gasteiger partial charge in [-0.25, -0.2) is 9.18 Å². The Morgan fingerprint density at radius 1 is 1.06 bits per heavy atom. The molecule has 50 heavy (non-hydrogen) atoms. The van der Waals surface area contributed by atoms with Crippen LogP contribution in [0.3, 0.4) is 0 Å². The third-order valence-corrected chi connectivity index (χ3v) is 11.5. The van der Waals surface area contributed by atoms with E-state index in [1.165, 1.54) is 25.0 Å². The predicted molar refractivity (Wildman–Crippen MR) is 190 cm³/mol. The maximum atomic E-state index is 16.0. The van der Waals surface area contributed by atoms with E-state index in [4.69, 9.17) is 16.3 Å². The van der Waals surface area contributed by atoms with Crippen molar-refractivity contribution >= 4 is 45.9 Å². The number of ketones is 1. The molecule has 0 spiro atoms. The van der Waals surface area contributed by atoms with E-state index in [-0.39, 0.29) is 40.1 Å². The number of anilines is 1. The number of amides is 1. The van der Waals surface area contributed by atoms with E-state index in [0.29, 0.717) is 56.6 Å². The van der Waals surface area contributed by atoms with Crippen LogP contribution in [-0.2, 0) is 27.8 Å². The van der Waals surface area contributed by atoms with Crippen LogP contribution in [0, 0.1) is 5.82 Å². The summed E-state index contributed by atoms with van der Waals surface area (Å²) in [4.78, 5) is 46.6. The number of carboxylic acid groups (broad SMARTS) is 1. The first kappa shape index (κ1) is 34.8. The number of halogens is 2. The summed E-state index contributed by atoms with van der Waals surface area (Å²) in [5.74, 6) is -3.71. The van der Waals surface area contributed by atoms with E-state index >= 15 is 4.39 Å². The summed E-state index contributed by atoms with van der Waals surface area (Å²) in [5.41, 5.74) is 2.14. The second-order valence-corrected chi connectivity index (χ2v) is 14.9. The van der Waals surface area contributed by atoms with Gasteiger partial charge >= 0.3 is 5.97 Å². The Morgan fingerprint density at radius 3 is 2.42 bits per heavy atom. The molecule has 10 nitrogen and oxygen atoms in total. The Kier molecular flexibility index (Phi) is 9.64. The van der Waals surface area contributed by atoms with Gasteiger partial charge in [-0.2, -0.15) is 0 Å². The van der Waals surface area contributed by atoms with Crippen LogP contribution in [-0.4, -0.2) is 98.8 Å². The van der Waals surface area contributed by atoms with Crippen LogP contribution in [0.4, 0.5) is 10.1 Å². The van der Waals surface area contributed by atoms with Gasteiger partial charge in [0.25, 0.3) is 5.91 Å². The lowest BCUT2D eigenvalue weighted by Gasteiger charge is -2.52. The van der Waals surface area contributed by atoms with Crippen LogP contribution in [0.25, 0.3) is 10.9 Å². The number of carbonyl (C=O) groups excluding carboxylic acids is 2. The third kappa shape index (κ3) is 6.62. The molecule has 3 heterocycles. The van der Waals surface area contributed by atoms with Crippen LogP contribution in [0.2, 0.25) is 5.02 Å². The number of nitrogens with zero attached hydrogens (tertiary/aromatic N) is 4. The van der Waals surface area contributed by atoms with E-state index in [9.17, 15) is 19.5 Å². The molecule has 2 aliphatic heterocycles. The van der Waals surface area contributed by atoms with Gasteiger partial charge in [0.2, 0.25) is 5.85 Å². The van der Waals surface area contributed by atoms with Gasteiger partial charge in [-0.1, -0.05) is 35.9 Å². The van der Waals surface area contributed by atoms with Gasteiger partial charge in [0.1, 0.15) is 5.82 Å². The minimum absolute atomic E-state index is 0.119. The molecule has 2 aromatic carbocycles. The summed E-state index contributed by atoms with van der Waals surface area (Å²) in [6, 6.07) is 10.1. The quantitative estimate of drug-likeness (QED) is 0.257. The minimum atomic E-state index is -1.44. The highest BCUT2D eigenvalue weighted by Crippen LogP contribution is 2.43. The highest BCUT2D eigenvalue weighted by atomic mass is 35.5. The number of carbonyl (C=O) groups is 3. The standard InChI is InChI=1S/C38H45ClFN5O5/c1-37(13-14-37)43-17-19-45(20-18-43)38(44-15-5-6-16-44,50-27-11-9-25(10-12-27)36(48)49)34(46)22-26-21-30(39)32(23-31(26)40)41-35(47)29-24-42(2)33-8-4-3-7-28(29)33/h3-4,7-9,21,23-24,27H,5-6,10-20,22H2,1-2H3,(H,41,47)(H,48,49)/t27-,38?/m1/s1. The number of aromatic nitrogens is 1. The Morgan fingerprint density at radius 2 is 1.76 bits per heavy atom. The third-order valence-electron chi connectivity index (χ3n) is 11.2. The molecular formula is C38H45ClFN5O5. The fraction of sp³-hybridized carbons (Fsp3) is 0.500. The number of likely N-dealkylation sites (tertiary alicyclic amines) is 1. The zero-order valence-electron chi connectivity index (χ0n) is 28.7. The molecule has 1 amide bonds. The molecule has 3 fully saturated rings. The minimum Gasteiger partial charge on any atom is -0.478 e. The molecule has 2 N–H and O–H groups in total. The van der Waals surface area contributed by atoms with Crippen LogP contribution in [0.5, 0.6) is 0 Å². The highest BCUT2D eigenvalue weighted by molar-refractivity contribution is 6.34. The molecule has 266 valence electrons. The van der Waals surface area contributed by atoms with Crippen LogP contribution < -0.4 is 5.32 Å². The Balaban J connectivity index is 1.17. The Hall–Kier alpha value is -3.61. The molecule has 0 bridgehead atoms. The van der Waals surface area contributed by atoms with Crippen molar-refractivity contribution in [1.29, 1.82) is 0 Å². The van der Waals surface area contributed by atoms with Crippen molar-refractivity contribution in [3.05, 3.63) is 76.2 Å². The zero-order chi connectivity index (χ0) is 35.2. The van der Waals surface area contributed by atoms with Gasteiger partial charge < -0.3 is 19.7 Å². The number of rotatable bonds is 11. The van der Waals surface area contributed by atoms with E-state index in [0.717, 1.165) is 36.8 Å². The average molecular weight is 706 g/mol. The maximum absolute atomic E-state index is 16.0. The van der Waals surface area contributed by atoms with E-state index in [1.54, 1.807) is 12.3 Å². The lowest BCUT2D eigenvalue weighted by Crippen LogP contribution is -2.71. The fourth-order valence-corrected chi connectivity index (χ4v) is 8.23. The summed E-state index contributed by atoms with van der Waals surface area (Å²) < 4.78 is 24.8. The Labute approximate surface area is 296 Å². The van der Waals surface area contributed by atoms with Crippen molar-refractivity contribution in [2.45, 2.75) is 75.8 Å². The molecule has 1 saturated carbocycles. The molecule has 1 aromatic heterocycles. The average Bonchev–Trinajstić information content (AvgIpc) is 3.47. The molecule has 7 rings (SSSR count). The number of hydrogen-bond acceptors (Lipinski definition) is 7. The number of fused-ring (bicyclic) bond motifs is 1. The number of Topliss-reactive ketones (excluding diaryl/α,β-unsaturated/α-hetero) is 1. The normalized spacial score (nSPS) is 22.6. The van der Waals surface area contributed by atoms with E-state index < -0.39 is 23.5 Å². The second kappa shape index (κ2) is 13.8. The van der Waals surface area contributed by atoms with Crippen molar-refractivity contribution in [3.8, 4) is 0 Å². The number of carboxylic acids is 1. The van der Waals surface area contributed by atoms with Crippen LogP contribution in [0.1, 0.15) is 67.8 Å². The van der Waals surface area contributed by atoms with E-state index in [1.807, 2.05) is 35.9 Å². The first-order valence-electron chi connectivity index (χ1n) is 17.7. The molecule has 12 heteroatoms. The van der Waals surface area contributed by atoms with Crippen molar-refractivity contribution in [3.63, 3.8) is 0 Å². The summed E-state index contributed by atoms with van der Waals surface area (Å²) >= 11 is 6.68. The molecule has 4 aliphatic rings. The highest BCUT2D eigenvalue weighted by Gasteiger charge is 2.54. The number of aliphatic carboxylic acids is 1. The van der Waals surface area contributed by atoms with Gasteiger partial charge in [0, 0.05) is 80.9 Å². The van der Waals surface area contributed by atoms with Crippen molar-refractivity contribution in [1.82, 2.24) is 19.3 Å². The molecule has 2 atom stereocenters. The molecule has 0 radical (unpaired) electrons. The second-order valence-electron chi connectivity index (χ2n) is 14.5. The Bertz CT molecular complexity index is 1840. The first-order valence-corrected chi connectivity index (χ1v) is 18.1. The largest absolute Gasteiger partial charge is 0.478 e. The van der Waals surface area contributed by atoms with Crippen LogP contribution >= 0.6 is 11.6 Å². The van der Waals surface area contributed by atoms with Gasteiger partial charge in [0.15, 0.2) is 5.78 Å². The number of benzene rings is 2. The number of ether oxygens (including phenoxy) is 1. The SMILES string of the molecule is Cn1cc(C(=O)Nc2cc(F)c(CC(=O)C(O[C@@H]3CC=C(C(=O)O)CC3)(N3CCCC3)N3CCN(C4(C)CC4)CC3)cc2Cl)c2ccccc21. The summed E-state index contributed by atoms with van der Waals surface area (Å²) in [6.45, 7) is 6.42. The fourth-order valence-electron chi connectivity index (χ4n) is 8.00. The molecule has 2 saturated heterocycles. The summed E-state index contributed by atoms with van der Waals surface area (Å²) in [6.07, 6.45) is 8.16. The number of nitrogens with one attached hydrogen (secondary N) is 1. The topological polar surface area (TPSA) is 107 Å². The van der Waals surface area contributed by atoms with Gasteiger partial charge in [0.05, 0.1) is 22.4 Å². The number of aryl methyl sites for hydroxylation is 1. The molecule has 2 aliphatic carbocycles. The van der Waals surface area contributed by atoms with Gasteiger partial charge in [-0.05, 0) is 75.6 Å². The smallest absolute Gasteiger partial charge is 0.331 e. The first-order chi connectivity index (χ1) is 24.0. The van der Waals surface area contributed by atoms with Crippen molar-refractivity contribution < 1.29 is 28.6 Å². The lowest BCUT2D eigenvalue weighted by atomic mass is 9.96. The summed E-state index contributed by atoms with van der Waals surface area (Å²) in [5, 5.41) is 13.2. The van der Waals surface area contributed by atoms with Crippen molar-refractivity contribution in [2.75, 3.05) is 44.6 Å². The monoisotopic (exact) mass is 705 g/mol. The number of piperazine rings is 1. The molecule has 1 unspecified atom stereocenters. The molecule has 3 aromatic rings. The van der Waals surface area contributed by atoms with Crippen molar-refractivity contribution in [2.24, 2.45) is 7.05 Å². The zero-order valence-corrected chi connectivity index (χ0v) is 29.5. The van der Waals surface area contributed by atoms with Gasteiger partial charge in [-0.3, -0.25) is 24.3 Å². The maximum Gasteiger partial charge on any atom is 0.331 e.